The molecule has 78 valence electrons. The molecule has 3 rings (SSSR count). The van der Waals surface area contributed by atoms with E-state index in [9.17, 15) is 0 Å². The molecule has 2 aromatic carbocycles. The van der Waals surface area contributed by atoms with Crippen LogP contribution in [0.25, 0.3) is 21.8 Å². The van der Waals surface area contributed by atoms with Crippen molar-refractivity contribution in [3.8, 4) is 5.75 Å². The molecule has 0 aliphatic rings. The number of pyridine rings is 1. The van der Waals surface area contributed by atoms with E-state index in [1.165, 1.54) is 0 Å². The van der Waals surface area contributed by atoms with Crippen LogP contribution in [0.5, 0.6) is 5.75 Å². The van der Waals surface area contributed by atoms with Crippen LogP contribution in [-0.2, 0) is 0 Å². The molecule has 0 amide bonds. The highest BCUT2D eigenvalue weighted by Gasteiger charge is 2.03. The van der Waals surface area contributed by atoms with Gasteiger partial charge in [0, 0.05) is 10.8 Å². The molecule has 0 atom stereocenters. The predicted molar refractivity (Wildman–Crippen MR) is 65.8 cm³/mol. The van der Waals surface area contributed by atoms with Gasteiger partial charge in [-0.2, -0.15) is 0 Å². The van der Waals surface area contributed by atoms with E-state index in [0.29, 0.717) is 0 Å². The van der Waals surface area contributed by atoms with Crippen LogP contribution >= 0.6 is 0 Å². The van der Waals surface area contributed by atoms with Gasteiger partial charge in [0.05, 0.1) is 12.6 Å². The van der Waals surface area contributed by atoms with E-state index in [-0.39, 0.29) is 0 Å². The Balaban J connectivity index is 2.46. The maximum atomic E-state index is 5.31. The highest BCUT2D eigenvalue weighted by atomic mass is 16.5. The maximum absolute atomic E-state index is 5.31. The Kier molecular flexibility index (Phi) is 2.00. The molecule has 2 heteroatoms. The summed E-state index contributed by atoms with van der Waals surface area (Å²) in [6, 6.07) is 16.2. The number of benzene rings is 2. The first kappa shape index (κ1) is 9.16. The molecular formula is C14H11NO. The minimum Gasteiger partial charge on any atom is -0.494 e. The number of rotatable bonds is 1. The van der Waals surface area contributed by atoms with Crippen LogP contribution in [0.4, 0.5) is 0 Å². The fourth-order valence-corrected chi connectivity index (χ4v) is 1.94. The van der Waals surface area contributed by atoms with Crippen molar-refractivity contribution in [1.82, 2.24) is 4.98 Å². The first-order valence-corrected chi connectivity index (χ1v) is 5.21. The summed E-state index contributed by atoms with van der Waals surface area (Å²) >= 11 is 0. The third-order valence-corrected chi connectivity index (χ3v) is 2.73. The third-order valence-electron chi connectivity index (χ3n) is 2.73. The fraction of sp³-hybridized carbons (Fsp3) is 0.0714. The second kappa shape index (κ2) is 3.49. The number of fused-ring (bicyclic) bond motifs is 2. The van der Waals surface area contributed by atoms with E-state index in [4.69, 9.17) is 4.74 Å². The Hall–Kier alpha value is -2.09. The number of aromatic nitrogens is 1. The average Bonchev–Trinajstić information content (AvgIpc) is 2.35. The molecule has 0 unspecified atom stereocenters. The Bertz CT molecular complexity index is 661. The highest BCUT2D eigenvalue weighted by molar-refractivity contribution is 5.95. The van der Waals surface area contributed by atoms with Crippen molar-refractivity contribution in [2.45, 2.75) is 0 Å². The molecule has 2 nitrogen and oxygen atoms in total. The van der Waals surface area contributed by atoms with Gasteiger partial charge in [-0.25, -0.2) is 4.98 Å². The van der Waals surface area contributed by atoms with Crippen LogP contribution in [-0.4, -0.2) is 12.1 Å². The van der Waals surface area contributed by atoms with Gasteiger partial charge in [0.15, 0.2) is 0 Å². The summed E-state index contributed by atoms with van der Waals surface area (Å²) in [7, 11) is 1.67. The van der Waals surface area contributed by atoms with E-state index < -0.39 is 0 Å². The van der Waals surface area contributed by atoms with E-state index >= 15 is 0 Å². The van der Waals surface area contributed by atoms with Crippen molar-refractivity contribution >= 4 is 21.8 Å². The lowest BCUT2D eigenvalue weighted by molar-refractivity contribution is 0.419. The van der Waals surface area contributed by atoms with Gasteiger partial charge in [0.1, 0.15) is 11.3 Å². The lowest BCUT2D eigenvalue weighted by Gasteiger charge is -2.05. The average molecular weight is 209 g/mol. The van der Waals surface area contributed by atoms with E-state index in [2.05, 4.69) is 23.2 Å². The first-order chi connectivity index (χ1) is 7.88. The first-order valence-electron chi connectivity index (χ1n) is 5.21. The largest absolute Gasteiger partial charge is 0.494 e. The lowest BCUT2D eigenvalue weighted by Crippen LogP contribution is -1.88. The molecular weight excluding hydrogens is 198 g/mol. The van der Waals surface area contributed by atoms with Crippen LogP contribution in [0.2, 0.25) is 0 Å². The third kappa shape index (κ3) is 1.31. The molecule has 0 aliphatic carbocycles. The summed E-state index contributed by atoms with van der Waals surface area (Å²) in [5.41, 5.74) is 1.92. The fourth-order valence-electron chi connectivity index (χ4n) is 1.94. The van der Waals surface area contributed by atoms with Crippen LogP contribution in [0.3, 0.4) is 0 Å². The molecule has 0 N–H and O–H groups in total. The standard InChI is InChI=1S/C14H11NO/c1-16-13-8-4-6-11-9-10-5-2-3-7-12(10)15-14(11)13/h2-9H,1H3. The van der Waals surface area contributed by atoms with Crippen molar-refractivity contribution in [3.63, 3.8) is 0 Å². The monoisotopic (exact) mass is 209 g/mol. The molecule has 0 fully saturated rings. The number of nitrogens with zero attached hydrogens (tertiary/aromatic N) is 1. The maximum Gasteiger partial charge on any atom is 0.145 e. The minimum atomic E-state index is 0.822. The molecule has 16 heavy (non-hydrogen) atoms. The van der Waals surface area contributed by atoms with Gasteiger partial charge in [0.2, 0.25) is 0 Å². The minimum absolute atomic E-state index is 0.822. The summed E-state index contributed by atoms with van der Waals surface area (Å²) in [4.78, 5) is 4.62. The molecule has 0 saturated heterocycles. The van der Waals surface area contributed by atoms with Crippen LogP contribution < -0.4 is 4.74 Å². The molecule has 1 heterocycles. The topological polar surface area (TPSA) is 22.1 Å². The quantitative estimate of drug-likeness (QED) is 0.573. The van der Waals surface area contributed by atoms with Crippen molar-refractivity contribution in [2.24, 2.45) is 0 Å². The lowest BCUT2D eigenvalue weighted by atomic mass is 10.1. The molecule has 0 aliphatic heterocycles. The molecule has 1 aromatic heterocycles. The number of methoxy groups -OCH3 is 1. The second-order valence-corrected chi connectivity index (χ2v) is 3.71. The SMILES string of the molecule is COc1cccc2cc3ccccc3nc12. The second-order valence-electron chi connectivity index (χ2n) is 3.71. The van der Waals surface area contributed by atoms with E-state index in [1.807, 2.05) is 30.3 Å². The van der Waals surface area contributed by atoms with Crippen LogP contribution in [0.1, 0.15) is 0 Å². The number of hydrogen-bond acceptors (Lipinski definition) is 2. The van der Waals surface area contributed by atoms with Gasteiger partial charge in [-0.05, 0) is 18.2 Å². The van der Waals surface area contributed by atoms with Crippen molar-refractivity contribution in [3.05, 3.63) is 48.5 Å². The van der Waals surface area contributed by atoms with Gasteiger partial charge in [0.25, 0.3) is 0 Å². The Labute approximate surface area is 93.5 Å². The zero-order chi connectivity index (χ0) is 11.0. The Morgan fingerprint density at radius 3 is 2.62 bits per heavy atom. The summed E-state index contributed by atoms with van der Waals surface area (Å²) < 4.78 is 5.31. The number of hydrogen-bond donors (Lipinski definition) is 0. The van der Waals surface area contributed by atoms with Gasteiger partial charge in [-0.15, -0.1) is 0 Å². The van der Waals surface area contributed by atoms with Crippen molar-refractivity contribution in [2.75, 3.05) is 7.11 Å². The van der Waals surface area contributed by atoms with E-state index in [1.54, 1.807) is 7.11 Å². The Morgan fingerprint density at radius 1 is 0.938 bits per heavy atom. The van der Waals surface area contributed by atoms with Crippen molar-refractivity contribution in [1.29, 1.82) is 0 Å². The van der Waals surface area contributed by atoms with Crippen LogP contribution in [0.15, 0.2) is 48.5 Å². The highest BCUT2D eigenvalue weighted by Crippen LogP contribution is 2.26. The van der Waals surface area contributed by atoms with Gasteiger partial charge >= 0.3 is 0 Å². The number of para-hydroxylation sites is 2. The van der Waals surface area contributed by atoms with E-state index in [0.717, 1.165) is 27.6 Å². The molecule has 0 radical (unpaired) electrons. The normalized spacial score (nSPS) is 10.8. The predicted octanol–water partition coefficient (Wildman–Crippen LogP) is 3.40. The van der Waals surface area contributed by atoms with Crippen molar-refractivity contribution < 1.29 is 4.74 Å². The molecule has 0 spiro atoms. The molecule has 0 saturated carbocycles. The summed E-state index contributed by atoms with van der Waals surface area (Å²) in [6.07, 6.45) is 0. The molecule has 3 aromatic rings. The van der Waals surface area contributed by atoms with Gasteiger partial charge in [-0.3, -0.25) is 0 Å². The van der Waals surface area contributed by atoms with Crippen LogP contribution in [0, 0.1) is 0 Å². The summed E-state index contributed by atoms with van der Waals surface area (Å²) in [6.45, 7) is 0. The smallest absolute Gasteiger partial charge is 0.145 e. The zero-order valence-corrected chi connectivity index (χ0v) is 8.97. The van der Waals surface area contributed by atoms with Gasteiger partial charge in [-0.1, -0.05) is 30.3 Å². The zero-order valence-electron chi connectivity index (χ0n) is 8.97. The van der Waals surface area contributed by atoms with Gasteiger partial charge < -0.3 is 4.74 Å². The number of ether oxygens (including phenoxy) is 1. The Morgan fingerprint density at radius 2 is 1.75 bits per heavy atom. The molecule has 0 bridgehead atoms. The summed E-state index contributed by atoms with van der Waals surface area (Å²) in [5, 5.41) is 2.27. The summed E-state index contributed by atoms with van der Waals surface area (Å²) in [5.74, 6) is 0.822.